The number of nitrogens with zero attached hydrogens (tertiary/aromatic N) is 4. The standard InChI is InChI=1S/C19H28N4/c1-5-13-22(14-6-2)18-11-12-20-19(21-18)23(7-3)17-10-8-9-16(4)15-17/h8-12,15H,5-7,13-14H2,1-4H3. The molecule has 0 amide bonds. The Bertz CT molecular complexity index is 606. The van der Waals surface area contributed by atoms with Gasteiger partial charge in [-0.25, -0.2) is 4.98 Å². The van der Waals surface area contributed by atoms with E-state index in [2.05, 4.69) is 66.7 Å². The maximum Gasteiger partial charge on any atom is 0.231 e. The van der Waals surface area contributed by atoms with Crippen LogP contribution in [0.5, 0.6) is 0 Å². The van der Waals surface area contributed by atoms with E-state index < -0.39 is 0 Å². The summed E-state index contributed by atoms with van der Waals surface area (Å²) in [6, 6.07) is 10.5. The Hall–Kier alpha value is -2.10. The molecular weight excluding hydrogens is 284 g/mol. The topological polar surface area (TPSA) is 32.3 Å². The molecule has 0 spiro atoms. The largest absolute Gasteiger partial charge is 0.356 e. The Morgan fingerprint density at radius 2 is 1.74 bits per heavy atom. The molecule has 1 aromatic carbocycles. The van der Waals surface area contributed by atoms with Gasteiger partial charge in [0.2, 0.25) is 5.95 Å². The highest BCUT2D eigenvalue weighted by atomic mass is 15.3. The third-order valence-electron chi connectivity index (χ3n) is 3.81. The lowest BCUT2D eigenvalue weighted by Gasteiger charge is -2.25. The number of aromatic nitrogens is 2. The molecule has 0 radical (unpaired) electrons. The minimum atomic E-state index is 0.771. The van der Waals surface area contributed by atoms with Crippen molar-refractivity contribution < 1.29 is 0 Å². The van der Waals surface area contributed by atoms with Gasteiger partial charge in [-0.15, -0.1) is 0 Å². The summed E-state index contributed by atoms with van der Waals surface area (Å²) < 4.78 is 0. The zero-order valence-electron chi connectivity index (χ0n) is 14.8. The van der Waals surface area contributed by atoms with Crippen molar-refractivity contribution in [2.75, 3.05) is 29.4 Å². The van der Waals surface area contributed by atoms with Crippen LogP contribution in [0.4, 0.5) is 17.5 Å². The van der Waals surface area contributed by atoms with Crippen molar-refractivity contribution in [1.29, 1.82) is 0 Å². The Kier molecular flexibility index (Phi) is 6.39. The van der Waals surface area contributed by atoms with Gasteiger partial charge >= 0.3 is 0 Å². The monoisotopic (exact) mass is 312 g/mol. The van der Waals surface area contributed by atoms with Crippen molar-refractivity contribution in [1.82, 2.24) is 9.97 Å². The van der Waals surface area contributed by atoms with Gasteiger partial charge in [0.15, 0.2) is 0 Å². The van der Waals surface area contributed by atoms with Crippen molar-refractivity contribution in [3.05, 3.63) is 42.1 Å². The number of hydrogen-bond acceptors (Lipinski definition) is 4. The summed E-state index contributed by atoms with van der Waals surface area (Å²) in [4.78, 5) is 13.8. The lowest BCUT2D eigenvalue weighted by atomic mass is 10.2. The molecule has 0 aliphatic heterocycles. The third-order valence-corrected chi connectivity index (χ3v) is 3.81. The number of hydrogen-bond donors (Lipinski definition) is 0. The smallest absolute Gasteiger partial charge is 0.231 e. The van der Waals surface area contributed by atoms with E-state index in [1.165, 1.54) is 5.56 Å². The van der Waals surface area contributed by atoms with Crippen molar-refractivity contribution >= 4 is 17.5 Å². The molecule has 0 saturated heterocycles. The van der Waals surface area contributed by atoms with Crippen molar-refractivity contribution in [2.24, 2.45) is 0 Å². The number of aryl methyl sites for hydroxylation is 1. The van der Waals surface area contributed by atoms with Gasteiger partial charge in [-0.2, -0.15) is 4.98 Å². The van der Waals surface area contributed by atoms with Crippen LogP contribution >= 0.6 is 0 Å². The fraction of sp³-hybridized carbons (Fsp3) is 0.474. The summed E-state index contributed by atoms with van der Waals surface area (Å²) in [5.74, 6) is 1.79. The van der Waals surface area contributed by atoms with E-state index in [-0.39, 0.29) is 0 Å². The minimum absolute atomic E-state index is 0.771. The Morgan fingerprint density at radius 3 is 2.35 bits per heavy atom. The second-order valence-corrected chi connectivity index (χ2v) is 5.79. The molecule has 4 nitrogen and oxygen atoms in total. The Morgan fingerprint density at radius 1 is 1.00 bits per heavy atom. The van der Waals surface area contributed by atoms with Gasteiger partial charge in [-0.1, -0.05) is 26.0 Å². The van der Waals surface area contributed by atoms with Crippen LogP contribution in [-0.4, -0.2) is 29.6 Å². The number of benzene rings is 1. The molecule has 124 valence electrons. The van der Waals surface area contributed by atoms with Gasteiger partial charge in [0, 0.05) is 31.5 Å². The van der Waals surface area contributed by atoms with Gasteiger partial charge in [-0.3, -0.25) is 0 Å². The number of anilines is 3. The van der Waals surface area contributed by atoms with Crippen LogP contribution < -0.4 is 9.80 Å². The first kappa shape index (κ1) is 17.3. The molecular formula is C19H28N4. The summed E-state index contributed by atoms with van der Waals surface area (Å²) in [6.07, 6.45) is 4.11. The Labute approximate surface area is 140 Å². The number of rotatable bonds is 8. The van der Waals surface area contributed by atoms with Crippen molar-refractivity contribution in [2.45, 2.75) is 40.5 Å². The fourth-order valence-electron chi connectivity index (χ4n) is 2.76. The first-order chi connectivity index (χ1) is 11.2. The van der Waals surface area contributed by atoms with Gasteiger partial charge in [0.25, 0.3) is 0 Å². The Balaban J connectivity index is 2.32. The SMILES string of the molecule is CCCN(CCC)c1ccnc(N(CC)c2cccc(C)c2)n1. The van der Waals surface area contributed by atoms with Crippen molar-refractivity contribution in [3.8, 4) is 0 Å². The summed E-state index contributed by atoms with van der Waals surface area (Å²) in [6.45, 7) is 11.6. The van der Waals surface area contributed by atoms with E-state index in [9.17, 15) is 0 Å². The van der Waals surface area contributed by atoms with E-state index in [4.69, 9.17) is 4.98 Å². The fourth-order valence-corrected chi connectivity index (χ4v) is 2.76. The molecule has 0 saturated carbocycles. The highest BCUT2D eigenvalue weighted by Crippen LogP contribution is 2.24. The van der Waals surface area contributed by atoms with Crippen LogP contribution in [0.25, 0.3) is 0 Å². The van der Waals surface area contributed by atoms with Gasteiger partial charge in [0.1, 0.15) is 5.82 Å². The molecule has 0 aliphatic carbocycles. The van der Waals surface area contributed by atoms with Gasteiger partial charge < -0.3 is 9.80 Å². The molecule has 0 fully saturated rings. The van der Waals surface area contributed by atoms with E-state index in [0.29, 0.717) is 0 Å². The first-order valence-electron chi connectivity index (χ1n) is 8.61. The predicted octanol–water partition coefficient (Wildman–Crippen LogP) is 4.57. The molecule has 4 heteroatoms. The lowest BCUT2D eigenvalue weighted by molar-refractivity contribution is 0.731. The summed E-state index contributed by atoms with van der Waals surface area (Å²) >= 11 is 0. The van der Waals surface area contributed by atoms with Crippen LogP contribution in [0, 0.1) is 6.92 Å². The highest BCUT2D eigenvalue weighted by molar-refractivity contribution is 5.59. The molecule has 2 aromatic rings. The summed E-state index contributed by atoms with van der Waals surface area (Å²) in [5, 5.41) is 0. The lowest BCUT2D eigenvalue weighted by Crippen LogP contribution is -2.27. The van der Waals surface area contributed by atoms with Crippen LogP contribution in [0.1, 0.15) is 39.2 Å². The average molecular weight is 312 g/mol. The second kappa shape index (κ2) is 8.51. The zero-order valence-corrected chi connectivity index (χ0v) is 14.8. The molecule has 0 bridgehead atoms. The van der Waals surface area contributed by atoms with Crippen LogP contribution in [0.3, 0.4) is 0 Å². The average Bonchev–Trinajstić information content (AvgIpc) is 2.56. The molecule has 0 N–H and O–H groups in total. The first-order valence-corrected chi connectivity index (χ1v) is 8.61. The van der Waals surface area contributed by atoms with E-state index >= 15 is 0 Å². The molecule has 0 aliphatic rings. The maximum absolute atomic E-state index is 4.83. The quantitative estimate of drug-likeness (QED) is 0.715. The molecule has 2 rings (SSSR count). The predicted molar refractivity (Wildman–Crippen MR) is 98.7 cm³/mol. The van der Waals surface area contributed by atoms with E-state index in [0.717, 1.165) is 49.9 Å². The second-order valence-electron chi connectivity index (χ2n) is 5.79. The van der Waals surface area contributed by atoms with Gasteiger partial charge in [-0.05, 0) is 50.5 Å². The van der Waals surface area contributed by atoms with Crippen LogP contribution in [0.15, 0.2) is 36.5 Å². The van der Waals surface area contributed by atoms with Gasteiger partial charge in [0.05, 0.1) is 0 Å². The maximum atomic E-state index is 4.83. The van der Waals surface area contributed by atoms with E-state index in [1.807, 2.05) is 12.3 Å². The molecule has 1 heterocycles. The zero-order chi connectivity index (χ0) is 16.7. The normalized spacial score (nSPS) is 10.6. The van der Waals surface area contributed by atoms with Crippen LogP contribution in [-0.2, 0) is 0 Å². The molecule has 0 atom stereocenters. The van der Waals surface area contributed by atoms with E-state index in [1.54, 1.807) is 0 Å². The summed E-state index contributed by atoms with van der Waals surface area (Å²) in [5.41, 5.74) is 2.39. The van der Waals surface area contributed by atoms with Crippen LogP contribution in [0.2, 0.25) is 0 Å². The highest BCUT2D eigenvalue weighted by Gasteiger charge is 2.13. The summed E-state index contributed by atoms with van der Waals surface area (Å²) in [7, 11) is 0. The third kappa shape index (κ3) is 4.44. The molecule has 23 heavy (non-hydrogen) atoms. The molecule has 1 aromatic heterocycles. The minimum Gasteiger partial charge on any atom is -0.356 e. The van der Waals surface area contributed by atoms with Crippen molar-refractivity contribution in [3.63, 3.8) is 0 Å². The molecule has 0 unspecified atom stereocenters.